The zero-order valence-corrected chi connectivity index (χ0v) is 16.1. The fraction of sp³-hybridized carbons (Fsp3) is 0.636. The number of amides is 2. The summed E-state index contributed by atoms with van der Waals surface area (Å²) < 4.78 is 6.02. The Labute approximate surface area is 161 Å². The van der Waals surface area contributed by atoms with Crippen molar-refractivity contribution in [2.45, 2.75) is 44.9 Å². The van der Waals surface area contributed by atoms with Crippen LogP contribution < -0.4 is 4.74 Å². The van der Waals surface area contributed by atoms with E-state index in [1.807, 2.05) is 34.1 Å². The molecule has 5 heteroatoms. The van der Waals surface area contributed by atoms with Gasteiger partial charge in [0.2, 0.25) is 5.91 Å². The summed E-state index contributed by atoms with van der Waals surface area (Å²) in [5.74, 6) is 1.88. The minimum Gasteiger partial charge on any atom is -0.493 e. The van der Waals surface area contributed by atoms with Gasteiger partial charge < -0.3 is 14.5 Å². The third-order valence-corrected chi connectivity index (χ3v) is 5.97. The van der Waals surface area contributed by atoms with Crippen LogP contribution in [-0.4, -0.2) is 54.4 Å². The average molecular weight is 370 g/mol. The molecule has 0 N–H and O–H groups in total. The van der Waals surface area contributed by atoms with Crippen molar-refractivity contribution in [3.8, 4) is 5.75 Å². The van der Waals surface area contributed by atoms with Crippen LogP contribution >= 0.6 is 0 Å². The molecule has 3 fully saturated rings. The Morgan fingerprint density at radius 2 is 1.74 bits per heavy atom. The van der Waals surface area contributed by atoms with Crippen LogP contribution in [0.25, 0.3) is 0 Å². The molecule has 146 valence electrons. The second-order valence-electron chi connectivity index (χ2n) is 8.26. The third kappa shape index (κ3) is 4.63. The molecule has 2 saturated heterocycles. The molecule has 0 unspecified atom stereocenters. The summed E-state index contributed by atoms with van der Waals surface area (Å²) in [7, 11) is 0. The van der Waals surface area contributed by atoms with E-state index in [2.05, 4.69) is 0 Å². The molecule has 1 aliphatic carbocycles. The zero-order valence-electron chi connectivity index (χ0n) is 16.1. The summed E-state index contributed by atoms with van der Waals surface area (Å²) in [5, 5.41) is 0. The quantitative estimate of drug-likeness (QED) is 0.799. The van der Waals surface area contributed by atoms with Crippen LogP contribution in [0.4, 0.5) is 0 Å². The first kappa shape index (κ1) is 18.3. The predicted octanol–water partition coefficient (Wildman–Crippen LogP) is 3.34. The van der Waals surface area contributed by atoms with Gasteiger partial charge in [0.1, 0.15) is 5.75 Å². The van der Waals surface area contributed by atoms with Gasteiger partial charge in [0.25, 0.3) is 5.91 Å². The summed E-state index contributed by atoms with van der Waals surface area (Å²) in [6, 6.07) is 7.56. The number of carbonyl (C=O) groups is 2. The predicted molar refractivity (Wildman–Crippen MR) is 104 cm³/mol. The molecule has 0 radical (unpaired) electrons. The molecule has 5 nitrogen and oxygen atoms in total. The van der Waals surface area contributed by atoms with Crippen molar-refractivity contribution < 1.29 is 14.3 Å². The van der Waals surface area contributed by atoms with E-state index < -0.39 is 0 Å². The van der Waals surface area contributed by atoms with E-state index in [-0.39, 0.29) is 5.91 Å². The van der Waals surface area contributed by atoms with E-state index in [4.69, 9.17) is 4.74 Å². The number of piperidine rings is 2. The Kier molecular flexibility index (Phi) is 5.65. The molecular formula is C22H30N2O3. The molecule has 1 aromatic rings. The van der Waals surface area contributed by atoms with Crippen LogP contribution in [-0.2, 0) is 4.79 Å². The van der Waals surface area contributed by atoms with Crippen LogP contribution in [0, 0.1) is 11.8 Å². The van der Waals surface area contributed by atoms with Gasteiger partial charge in [-0.05, 0) is 63.1 Å². The Morgan fingerprint density at radius 3 is 2.52 bits per heavy atom. The lowest BCUT2D eigenvalue weighted by Crippen LogP contribution is -2.42. The zero-order chi connectivity index (χ0) is 18.6. The van der Waals surface area contributed by atoms with Crippen LogP contribution in [0.15, 0.2) is 24.3 Å². The van der Waals surface area contributed by atoms with Crippen molar-refractivity contribution in [3.05, 3.63) is 29.8 Å². The summed E-state index contributed by atoms with van der Waals surface area (Å²) in [6.07, 6.45) is 7.69. The number of benzene rings is 1. The van der Waals surface area contributed by atoms with Crippen LogP contribution in [0.1, 0.15) is 55.3 Å². The van der Waals surface area contributed by atoms with Gasteiger partial charge in [-0.2, -0.15) is 0 Å². The molecule has 1 atom stereocenters. The van der Waals surface area contributed by atoms with Gasteiger partial charge in [-0.25, -0.2) is 0 Å². The van der Waals surface area contributed by atoms with E-state index in [9.17, 15) is 9.59 Å². The van der Waals surface area contributed by atoms with Crippen molar-refractivity contribution in [1.29, 1.82) is 0 Å². The topological polar surface area (TPSA) is 49.9 Å². The molecule has 27 heavy (non-hydrogen) atoms. The van der Waals surface area contributed by atoms with Crippen LogP contribution in [0.2, 0.25) is 0 Å². The Morgan fingerprint density at radius 1 is 0.963 bits per heavy atom. The number of likely N-dealkylation sites (tertiary alicyclic amines) is 2. The first-order valence-electron chi connectivity index (χ1n) is 10.5. The number of hydrogen-bond acceptors (Lipinski definition) is 3. The van der Waals surface area contributed by atoms with Crippen molar-refractivity contribution in [1.82, 2.24) is 9.80 Å². The van der Waals surface area contributed by atoms with Crippen LogP contribution in [0.3, 0.4) is 0 Å². The molecule has 0 aromatic heterocycles. The number of carbonyl (C=O) groups excluding carboxylic acids is 2. The fourth-order valence-electron chi connectivity index (χ4n) is 4.20. The van der Waals surface area contributed by atoms with E-state index >= 15 is 0 Å². The SMILES string of the molecule is O=C(c1cccc(OC[C@H]2CCCN(C(=O)C3CC3)C2)c1)N1CCCCC1. The molecule has 1 aromatic carbocycles. The lowest BCUT2D eigenvalue weighted by Gasteiger charge is -2.32. The molecule has 3 aliphatic rings. The third-order valence-electron chi connectivity index (χ3n) is 5.97. The molecule has 4 rings (SSSR count). The first-order chi connectivity index (χ1) is 13.2. The molecule has 0 bridgehead atoms. The maximum Gasteiger partial charge on any atom is 0.253 e. The van der Waals surface area contributed by atoms with Crippen LogP contribution in [0.5, 0.6) is 5.75 Å². The summed E-state index contributed by atoms with van der Waals surface area (Å²) in [6.45, 7) is 4.02. The highest BCUT2D eigenvalue weighted by atomic mass is 16.5. The monoisotopic (exact) mass is 370 g/mol. The lowest BCUT2D eigenvalue weighted by molar-refractivity contribution is -0.134. The normalized spacial score (nSPS) is 23.2. The summed E-state index contributed by atoms with van der Waals surface area (Å²) in [5.41, 5.74) is 0.712. The number of rotatable bonds is 5. The Hall–Kier alpha value is -2.04. The smallest absolute Gasteiger partial charge is 0.253 e. The van der Waals surface area contributed by atoms with E-state index in [1.54, 1.807) is 0 Å². The fourth-order valence-corrected chi connectivity index (χ4v) is 4.20. The van der Waals surface area contributed by atoms with Gasteiger partial charge in [-0.3, -0.25) is 9.59 Å². The number of ether oxygens (including phenoxy) is 1. The number of hydrogen-bond donors (Lipinski definition) is 0. The minimum absolute atomic E-state index is 0.110. The van der Waals surface area contributed by atoms with Gasteiger partial charge in [0.15, 0.2) is 0 Å². The largest absolute Gasteiger partial charge is 0.493 e. The van der Waals surface area contributed by atoms with Gasteiger partial charge in [-0.15, -0.1) is 0 Å². The van der Waals surface area contributed by atoms with Gasteiger partial charge in [0, 0.05) is 43.6 Å². The van der Waals surface area contributed by atoms with E-state index in [0.29, 0.717) is 29.9 Å². The maximum atomic E-state index is 12.7. The first-order valence-corrected chi connectivity index (χ1v) is 10.5. The summed E-state index contributed by atoms with van der Waals surface area (Å²) in [4.78, 5) is 28.9. The van der Waals surface area contributed by atoms with Crippen molar-refractivity contribution >= 4 is 11.8 Å². The highest BCUT2D eigenvalue weighted by Gasteiger charge is 2.35. The molecule has 2 aliphatic heterocycles. The maximum absolute atomic E-state index is 12.7. The second kappa shape index (κ2) is 8.32. The van der Waals surface area contributed by atoms with Crippen molar-refractivity contribution in [2.75, 3.05) is 32.8 Å². The highest BCUT2D eigenvalue weighted by Crippen LogP contribution is 2.32. The molecule has 2 heterocycles. The lowest BCUT2D eigenvalue weighted by atomic mass is 9.98. The van der Waals surface area contributed by atoms with Crippen molar-refractivity contribution in [2.24, 2.45) is 11.8 Å². The molecule has 2 amide bonds. The van der Waals surface area contributed by atoms with Crippen molar-refractivity contribution in [3.63, 3.8) is 0 Å². The standard InChI is InChI=1S/C22H30N2O3/c25-21(18-9-10-18)24-13-5-6-17(15-24)16-27-20-8-4-7-19(14-20)22(26)23-11-2-1-3-12-23/h4,7-8,14,17-18H,1-3,5-6,9-13,15-16H2/t17-/m0/s1. The molecule has 0 spiro atoms. The molecule has 1 saturated carbocycles. The van der Waals surface area contributed by atoms with E-state index in [1.165, 1.54) is 6.42 Å². The van der Waals surface area contributed by atoms with Gasteiger partial charge in [0.05, 0.1) is 6.61 Å². The summed E-state index contributed by atoms with van der Waals surface area (Å²) >= 11 is 0. The average Bonchev–Trinajstić information content (AvgIpc) is 3.58. The second-order valence-corrected chi connectivity index (χ2v) is 8.26. The highest BCUT2D eigenvalue weighted by molar-refractivity contribution is 5.94. The number of nitrogens with zero attached hydrogens (tertiary/aromatic N) is 2. The molecular weight excluding hydrogens is 340 g/mol. The Balaban J connectivity index is 1.31. The van der Waals surface area contributed by atoms with E-state index in [0.717, 1.165) is 70.5 Å². The Bertz CT molecular complexity index is 680. The van der Waals surface area contributed by atoms with Gasteiger partial charge in [-0.1, -0.05) is 6.07 Å². The minimum atomic E-state index is 0.110. The van der Waals surface area contributed by atoms with Gasteiger partial charge >= 0.3 is 0 Å².